The van der Waals surface area contributed by atoms with E-state index in [1.165, 1.54) is 0 Å². The minimum absolute atomic E-state index is 0.104. The summed E-state index contributed by atoms with van der Waals surface area (Å²) in [5.74, 6) is -0.104. The number of amides is 1. The van der Waals surface area contributed by atoms with E-state index < -0.39 is 0 Å². The number of fused-ring (bicyclic) bond motifs is 1. The zero-order chi connectivity index (χ0) is 21.4. The molecule has 30 heavy (non-hydrogen) atoms. The quantitative estimate of drug-likeness (QED) is 0.485. The lowest BCUT2D eigenvalue weighted by molar-refractivity contribution is 0.0784. The minimum Gasteiger partial charge on any atom is -0.336 e. The number of pyridine rings is 1. The van der Waals surface area contributed by atoms with Crippen molar-refractivity contribution in [3.05, 3.63) is 64.7 Å². The molecule has 8 heteroatoms. The Kier molecular flexibility index (Phi) is 5.30. The van der Waals surface area contributed by atoms with Gasteiger partial charge >= 0.3 is 0 Å². The molecule has 154 valence electrons. The maximum absolute atomic E-state index is 13.4. The van der Waals surface area contributed by atoms with Crippen LogP contribution < -0.4 is 0 Å². The Hall–Kier alpha value is -3.19. The fourth-order valence-corrected chi connectivity index (χ4v) is 3.76. The lowest BCUT2D eigenvalue weighted by atomic mass is 10.0. The summed E-state index contributed by atoms with van der Waals surface area (Å²) in [6.07, 6.45) is 3.56. The molecule has 0 aliphatic carbocycles. The van der Waals surface area contributed by atoms with Gasteiger partial charge in [0.15, 0.2) is 0 Å². The third-order valence-electron chi connectivity index (χ3n) is 5.24. The van der Waals surface area contributed by atoms with Crippen LogP contribution in [0.3, 0.4) is 0 Å². The summed E-state index contributed by atoms with van der Waals surface area (Å²) in [7, 11) is 3.58. The van der Waals surface area contributed by atoms with Crippen molar-refractivity contribution < 1.29 is 4.79 Å². The van der Waals surface area contributed by atoms with Gasteiger partial charge < -0.3 is 4.90 Å². The lowest BCUT2D eigenvalue weighted by Gasteiger charge is -2.19. The van der Waals surface area contributed by atoms with Crippen molar-refractivity contribution in [1.82, 2.24) is 29.4 Å². The van der Waals surface area contributed by atoms with Crippen LogP contribution in [-0.2, 0) is 20.1 Å². The van der Waals surface area contributed by atoms with Crippen molar-refractivity contribution in [2.45, 2.75) is 26.9 Å². The van der Waals surface area contributed by atoms with E-state index in [4.69, 9.17) is 16.6 Å². The van der Waals surface area contributed by atoms with Crippen LogP contribution in [0.25, 0.3) is 22.2 Å². The van der Waals surface area contributed by atoms with E-state index in [1.807, 2.05) is 62.1 Å². The first-order valence-corrected chi connectivity index (χ1v) is 10.1. The summed E-state index contributed by atoms with van der Waals surface area (Å²) in [5.41, 5.74) is 4.70. The third kappa shape index (κ3) is 3.57. The molecular weight excluding hydrogens is 400 g/mol. The minimum atomic E-state index is -0.104. The first-order valence-electron chi connectivity index (χ1n) is 9.75. The number of carbonyl (C=O) groups is 1. The maximum atomic E-state index is 13.4. The molecule has 0 fully saturated rings. The molecule has 0 saturated carbocycles. The number of hydrogen-bond donors (Lipinski definition) is 0. The van der Waals surface area contributed by atoms with Crippen molar-refractivity contribution in [2.75, 3.05) is 7.05 Å². The van der Waals surface area contributed by atoms with Crippen molar-refractivity contribution in [3.8, 4) is 11.3 Å². The summed E-state index contributed by atoms with van der Waals surface area (Å²) in [4.78, 5) is 19.9. The van der Waals surface area contributed by atoms with Gasteiger partial charge in [0, 0.05) is 37.8 Å². The molecule has 0 atom stereocenters. The fourth-order valence-electron chi connectivity index (χ4n) is 3.54. The lowest BCUT2D eigenvalue weighted by Crippen LogP contribution is -2.27. The Labute approximate surface area is 179 Å². The number of benzene rings is 1. The third-order valence-corrected chi connectivity index (χ3v) is 5.55. The molecule has 0 aliphatic heterocycles. The zero-order valence-electron chi connectivity index (χ0n) is 17.4. The molecule has 1 amide bonds. The smallest absolute Gasteiger partial charge is 0.254 e. The van der Waals surface area contributed by atoms with Crippen LogP contribution in [-0.4, -0.2) is 42.4 Å². The number of para-hydroxylation sites is 1. The molecule has 0 unspecified atom stereocenters. The van der Waals surface area contributed by atoms with Gasteiger partial charge in [-0.3, -0.25) is 14.2 Å². The van der Waals surface area contributed by atoms with Crippen LogP contribution >= 0.6 is 11.6 Å². The van der Waals surface area contributed by atoms with Gasteiger partial charge in [-0.1, -0.05) is 29.8 Å². The summed E-state index contributed by atoms with van der Waals surface area (Å²) in [6, 6.07) is 9.55. The molecule has 0 radical (unpaired) electrons. The average Bonchev–Trinajstić information content (AvgIpc) is 3.28. The zero-order valence-corrected chi connectivity index (χ0v) is 18.2. The number of aryl methyl sites for hydroxylation is 3. The number of rotatable bonds is 5. The molecule has 4 rings (SSSR count). The molecule has 3 heterocycles. The SMILES string of the molecule is CCn1cc(-c2cc(C(=O)N(C)Cc3c(Cl)cnn3C)c3ccccc3n2)c(C)n1. The number of halogens is 1. The van der Waals surface area contributed by atoms with E-state index >= 15 is 0 Å². The Morgan fingerprint density at radius 3 is 2.70 bits per heavy atom. The number of hydrogen-bond acceptors (Lipinski definition) is 4. The predicted octanol–water partition coefficient (Wildman–Crippen LogP) is 4.09. The first kappa shape index (κ1) is 20.1. The largest absolute Gasteiger partial charge is 0.336 e. The molecule has 4 aromatic rings. The molecule has 3 aromatic heterocycles. The van der Waals surface area contributed by atoms with Gasteiger partial charge in [-0.15, -0.1) is 0 Å². The van der Waals surface area contributed by atoms with Crippen LogP contribution in [0.5, 0.6) is 0 Å². The topological polar surface area (TPSA) is 68.8 Å². The summed E-state index contributed by atoms with van der Waals surface area (Å²) in [5, 5.41) is 10.0. The van der Waals surface area contributed by atoms with E-state index in [0.717, 1.165) is 40.1 Å². The molecule has 0 aliphatic rings. The van der Waals surface area contributed by atoms with Crippen molar-refractivity contribution in [1.29, 1.82) is 0 Å². The maximum Gasteiger partial charge on any atom is 0.254 e. The van der Waals surface area contributed by atoms with E-state index in [0.29, 0.717) is 17.1 Å². The number of nitrogens with zero attached hydrogens (tertiary/aromatic N) is 6. The Morgan fingerprint density at radius 1 is 1.27 bits per heavy atom. The highest BCUT2D eigenvalue weighted by molar-refractivity contribution is 6.31. The number of aromatic nitrogens is 5. The normalized spacial score (nSPS) is 11.2. The van der Waals surface area contributed by atoms with Crippen molar-refractivity contribution in [2.24, 2.45) is 7.05 Å². The van der Waals surface area contributed by atoms with Crippen LogP contribution in [0.4, 0.5) is 0 Å². The van der Waals surface area contributed by atoms with E-state index in [-0.39, 0.29) is 5.91 Å². The summed E-state index contributed by atoms with van der Waals surface area (Å²) in [6.45, 7) is 5.12. The van der Waals surface area contributed by atoms with E-state index in [2.05, 4.69) is 10.2 Å². The molecular formula is C22H23ClN6O. The monoisotopic (exact) mass is 422 g/mol. The van der Waals surface area contributed by atoms with Gasteiger partial charge in [0.25, 0.3) is 5.91 Å². The number of carbonyl (C=O) groups excluding carboxylic acids is 1. The van der Waals surface area contributed by atoms with Gasteiger partial charge in [0.2, 0.25) is 0 Å². The Balaban J connectivity index is 1.79. The summed E-state index contributed by atoms with van der Waals surface area (Å²) >= 11 is 6.23. The summed E-state index contributed by atoms with van der Waals surface area (Å²) < 4.78 is 3.56. The second-order valence-corrected chi connectivity index (χ2v) is 7.69. The van der Waals surface area contributed by atoms with Crippen LogP contribution in [0, 0.1) is 6.92 Å². The van der Waals surface area contributed by atoms with Crippen LogP contribution in [0.15, 0.2) is 42.7 Å². The van der Waals surface area contributed by atoms with Gasteiger partial charge in [0.1, 0.15) is 0 Å². The van der Waals surface area contributed by atoms with Gasteiger partial charge in [-0.2, -0.15) is 10.2 Å². The highest BCUT2D eigenvalue weighted by Crippen LogP contribution is 2.28. The molecule has 0 N–H and O–H groups in total. The second kappa shape index (κ2) is 7.91. The highest BCUT2D eigenvalue weighted by atomic mass is 35.5. The fraction of sp³-hybridized carbons (Fsp3) is 0.273. The second-order valence-electron chi connectivity index (χ2n) is 7.28. The molecule has 7 nitrogen and oxygen atoms in total. The van der Waals surface area contributed by atoms with Crippen LogP contribution in [0.2, 0.25) is 5.02 Å². The highest BCUT2D eigenvalue weighted by Gasteiger charge is 2.20. The van der Waals surface area contributed by atoms with E-state index in [1.54, 1.807) is 22.8 Å². The van der Waals surface area contributed by atoms with Gasteiger partial charge in [0.05, 0.1) is 45.9 Å². The average molecular weight is 423 g/mol. The standard InChI is InChI=1S/C22H23ClN6O/c1-5-29-12-17(14(2)26-29)20-10-16(15-8-6-7-9-19(15)25-20)22(30)27(3)13-21-18(23)11-24-28(21)4/h6-12H,5,13H2,1-4H3. The van der Waals surface area contributed by atoms with Crippen molar-refractivity contribution in [3.63, 3.8) is 0 Å². The Bertz CT molecular complexity index is 1220. The van der Waals surface area contributed by atoms with Gasteiger partial charge in [-0.05, 0) is 26.0 Å². The first-order chi connectivity index (χ1) is 14.4. The van der Waals surface area contributed by atoms with Crippen LogP contribution in [0.1, 0.15) is 28.7 Å². The molecule has 0 bridgehead atoms. The molecule has 1 aromatic carbocycles. The molecule has 0 spiro atoms. The molecule has 0 saturated heterocycles. The predicted molar refractivity (Wildman–Crippen MR) is 117 cm³/mol. The Morgan fingerprint density at radius 2 is 2.03 bits per heavy atom. The van der Waals surface area contributed by atoms with E-state index in [9.17, 15) is 4.79 Å². The van der Waals surface area contributed by atoms with Crippen molar-refractivity contribution >= 4 is 28.4 Å². The van der Waals surface area contributed by atoms with Gasteiger partial charge in [-0.25, -0.2) is 4.98 Å².